The summed E-state index contributed by atoms with van der Waals surface area (Å²) in [4.78, 5) is 12.3. The fourth-order valence-corrected chi connectivity index (χ4v) is 2.97. The van der Waals surface area contributed by atoms with E-state index in [9.17, 15) is 4.79 Å². The van der Waals surface area contributed by atoms with Gasteiger partial charge in [-0.25, -0.2) is 0 Å². The van der Waals surface area contributed by atoms with Crippen LogP contribution in [0.1, 0.15) is 15.9 Å². The number of anilines is 1. The highest BCUT2D eigenvalue weighted by molar-refractivity contribution is 9.10. The number of hydrogen-bond donors (Lipinski definition) is 1. The second kappa shape index (κ2) is 7.38. The number of benzene rings is 2. The zero-order valence-electron chi connectivity index (χ0n) is 12.3. The molecule has 3 aromatic rings. The molecule has 0 aliphatic heterocycles. The lowest BCUT2D eigenvalue weighted by Gasteiger charge is -2.05. The first-order valence-corrected chi connectivity index (χ1v) is 8.61. The van der Waals surface area contributed by atoms with Gasteiger partial charge in [-0.05, 0) is 29.8 Å². The topological polar surface area (TPSA) is 46.9 Å². The van der Waals surface area contributed by atoms with Crippen molar-refractivity contribution in [2.24, 2.45) is 0 Å². The van der Waals surface area contributed by atoms with Crippen LogP contribution in [0.3, 0.4) is 0 Å². The van der Waals surface area contributed by atoms with E-state index >= 15 is 0 Å². The number of rotatable bonds is 4. The molecule has 24 heavy (non-hydrogen) atoms. The maximum Gasteiger partial charge on any atom is 0.256 e. The molecular weight excluding hydrogens is 413 g/mol. The molecule has 0 atom stereocenters. The van der Waals surface area contributed by atoms with E-state index in [2.05, 4.69) is 26.3 Å². The Morgan fingerprint density at radius 1 is 1.12 bits per heavy atom. The Balaban J connectivity index is 1.77. The van der Waals surface area contributed by atoms with Crippen LogP contribution in [-0.4, -0.2) is 15.7 Å². The summed E-state index contributed by atoms with van der Waals surface area (Å²) < 4.78 is 2.46. The Labute approximate surface area is 157 Å². The molecule has 0 spiro atoms. The normalized spacial score (nSPS) is 10.6. The Bertz CT molecular complexity index is 895. The average Bonchev–Trinajstić information content (AvgIpc) is 2.89. The Kier molecular flexibility index (Phi) is 5.23. The van der Waals surface area contributed by atoms with E-state index < -0.39 is 0 Å². The summed E-state index contributed by atoms with van der Waals surface area (Å²) in [5.41, 5.74) is 1.43. The number of amides is 1. The lowest BCUT2D eigenvalue weighted by molar-refractivity contribution is 0.102. The minimum atomic E-state index is -0.277. The van der Waals surface area contributed by atoms with Gasteiger partial charge in [0.15, 0.2) is 5.82 Å². The highest BCUT2D eigenvalue weighted by Gasteiger charge is 2.13. The molecule has 1 amide bonds. The largest absolute Gasteiger partial charge is 0.304 e. The molecule has 1 N–H and O–H groups in total. The van der Waals surface area contributed by atoms with Gasteiger partial charge in [0.05, 0.1) is 6.54 Å². The summed E-state index contributed by atoms with van der Waals surface area (Å²) in [5.74, 6) is 0.0369. The van der Waals surface area contributed by atoms with Gasteiger partial charge in [-0.3, -0.25) is 9.48 Å². The summed E-state index contributed by atoms with van der Waals surface area (Å²) in [6, 6.07) is 14.6. The van der Waals surface area contributed by atoms with Crippen LogP contribution in [0, 0.1) is 0 Å². The molecule has 0 saturated heterocycles. The van der Waals surface area contributed by atoms with E-state index in [1.807, 2.05) is 30.3 Å². The van der Waals surface area contributed by atoms with Crippen LogP contribution in [0.5, 0.6) is 0 Å². The molecule has 122 valence electrons. The number of halogens is 3. The predicted octanol–water partition coefficient (Wildman–Crippen LogP) is 5.25. The van der Waals surface area contributed by atoms with Crippen molar-refractivity contribution in [1.29, 1.82) is 0 Å². The third-order valence-electron chi connectivity index (χ3n) is 3.33. The SMILES string of the molecule is O=C(Nc1nn(Cc2ccccc2Cl)cc1Cl)c1cccc(Br)c1. The van der Waals surface area contributed by atoms with Crippen molar-refractivity contribution in [3.05, 3.63) is 80.4 Å². The molecule has 0 radical (unpaired) electrons. The third kappa shape index (κ3) is 3.98. The molecule has 7 heteroatoms. The smallest absolute Gasteiger partial charge is 0.256 e. The van der Waals surface area contributed by atoms with Gasteiger partial charge in [-0.2, -0.15) is 5.10 Å². The summed E-state index contributed by atoms with van der Waals surface area (Å²) in [6.45, 7) is 0.464. The van der Waals surface area contributed by atoms with Gasteiger partial charge in [-0.15, -0.1) is 0 Å². The first-order valence-electron chi connectivity index (χ1n) is 7.06. The Morgan fingerprint density at radius 3 is 2.67 bits per heavy atom. The molecule has 0 fully saturated rings. The standard InChI is InChI=1S/C17H12BrCl2N3O/c18-13-6-3-5-11(8-13)17(24)21-16-15(20)10-23(22-16)9-12-4-1-2-7-14(12)19/h1-8,10H,9H2,(H,21,22,24). The monoisotopic (exact) mass is 423 g/mol. The quantitative estimate of drug-likeness (QED) is 0.621. The molecule has 1 heterocycles. The van der Waals surface area contributed by atoms with Crippen LogP contribution in [-0.2, 0) is 6.54 Å². The van der Waals surface area contributed by atoms with E-state index in [1.165, 1.54) is 0 Å². The fourth-order valence-electron chi connectivity index (χ4n) is 2.17. The summed E-state index contributed by atoms with van der Waals surface area (Å²) in [6.07, 6.45) is 1.65. The van der Waals surface area contributed by atoms with Crippen molar-refractivity contribution in [3.63, 3.8) is 0 Å². The van der Waals surface area contributed by atoms with Crippen LogP contribution < -0.4 is 5.32 Å². The lowest BCUT2D eigenvalue weighted by Crippen LogP contribution is -2.13. The maximum absolute atomic E-state index is 12.3. The molecule has 0 aliphatic carbocycles. The molecular formula is C17H12BrCl2N3O. The van der Waals surface area contributed by atoms with Crippen molar-refractivity contribution in [2.45, 2.75) is 6.54 Å². The molecule has 0 bridgehead atoms. The van der Waals surface area contributed by atoms with E-state index in [0.717, 1.165) is 10.0 Å². The second-order valence-electron chi connectivity index (χ2n) is 5.08. The van der Waals surface area contributed by atoms with Crippen LogP contribution in [0.15, 0.2) is 59.2 Å². The average molecular weight is 425 g/mol. The van der Waals surface area contributed by atoms with Crippen LogP contribution in [0.25, 0.3) is 0 Å². The zero-order valence-corrected chi connectivity index (χ0v) is 15.4. The summed E-state index contributed by atoms with van der Waals surface area (Å²) in [5, 5.41) is 8.06. The number of nitrogens with zero attached hydrogens (tertiary/aromatic N) is 2. The van der Waals surface area contributed by atoms with Gasteiger partial charge >= 0.3 is 0 Å². The molecule has 0 aliphatic rings. The first kappa shape index (κ1) is 17.0. The Hall–Kier alpha value is -1.82. The fraction of sp³-hybridized carbons (Fsp3) is 0.0588. The number of nitrogens with one attached hydrogen (secondary N) is 1. The molecule has 4 nitrogen and oxygen atoms in total. The van der Waals surface area contributed by atoms with Gasteiger partial charge < -0.3 is 5.32 Å². The molecule has 0 unspecified atom stereocenters. The number of carbonyl (C=O) groups excluding carboxylic acids is 1. The second-order valence-corrected chi connectivity index (χ2v) is 6.81. The van der Waals surface area contributed by atoms with Crippen molar-refractivity contribution in [2.75, 3.05) is 5.32 Å². The van der Waals surface area contributed by atoms with E-state index in [4.69, 9.17) is 23.2 Å². The lowest BCUT2D eigenvalue weighted by atomic mass is 10.2. The van der Waals surface area contributed by atoms with Crippen LogP contribution in [0.2, 0.25) is 10.0 Å². The summed E-state index contributed by atoms with van der Waals surface area (Å²) >= 11 is 15.7. The Morgan fingerprint density at radius 2 is 1.92 bits per heavy atom. The van der Waals surface area contributed by atoms with Crippen molar-refractivity contribution in [3.8, 4) is 0 Å². The van der Waals surface area contributed by atoms with Crippen LogP contribution >= 0.6 is 39.1 Å². The van der Waals surface area contributed by atoms with Crippen molar-refractivity contribution >= 4 is 50.9 Å². The first-order chi connectivity index (χ1) is 11.5. The minimum Gasteiger partial charge on any atom is -0.304 e. The number of aromatic nitrogens is 2. The van der Waals surface area contributed by atoms with Gasteiger partial charge in [0, 0.05) is 21.3 Å². The molecule has 0 saturated carbocycles. The van der Waals surface area contributed by atoms with Gasteiger partial charge in [-0.1, -0.05) is 63.4 Å². The van der Waals surface area contributed by atoms with Gasteiger partial charge in [0.2, 0.25) is 0 Å². The third-order valence-corrected chi connectivity index (χ3v) is 4.46. The van der Waals surface area contributed by atoms with E-state index in [0.29, 0.717) is 28.0 Å². The molecule has 2 aromatic carbocycles. The predicted molar refractivity (Wildman–Crippen MR) is 99.9 cm³/mol. The zero-order chi connectivity index (χ0) is 17.1. The van der Waals surface area contributed by atoms with Gasteiger partial charge in [0.1, 0.15) is 5.02 Å². The van der Waals surface area contributed by atoms with Crippen LogP contribution in [0.4, 0.5) is 5.82 Å². The maximum atomic E-state index is 12.3. The van der Waals surface area contributed by atoms with E-state index in [-0.39, 0.29) is 5.91 Å². The van der Waals surface area contributed by atoms with Crippen molar-refractivity contribution < 1.29 is 4.79 Å². The minimum absolute atomic E-state index is 0.277. The summed E-state index contributed by atoms with van der Waals surface area (Å²) in [7, 11) is 0. The number of carbonyl (C=O) groups is 1. The highest BCUT2D eigenvalue weighted by atomic mass is 79.9. The molecule has 1 aromatic heterocycles. The van der Waals surface area contributed by atoms with E-state index in [1.54, 1.807) is 29.1 Å². The molecule has 3 rings (SSSR count). The number of hydrogen-bond acceptors (Lipinski definition) is 2. The van der Waals surface area contributed by atoms with Crippen molar-refractivity contribution in [1.82, 2.24) is 9.78 Å². The van der Waals surface area contributed by atoms with Gasteiger partial charge in [0.25, 0.3) is 5.91 Å². The highest BCUT2D eigenvalue weighted by Crippen LogP contribution is 2.23.